The molecule has 0 bridgehead atoms. The van der Waals surface area contributed by atoms with Crippen molar-refractivity contribution in [1.82, 2.24) is 4.98 Å². The minimum atomic E-state index is 0.255. The molecule has 0 aliphatic carbocycles. The summed E-state index contributed by atoms with van der Waals surface area (Å²) in [6, 6.07) is 7.09. The Bertz CT molecular complexity index is 648. The first-order chi connectivity index (χ1) is 9.51. The molecule has 1 aromatic carbocycles. The highest BCUT2D eigenvalue weighted by Crippen LogP contribution is 2.37. The fourth-order valence-corrected chi connectivity index (χ4v) is 2.47. The van der Waals surface area contributed by atoms with Crippen LogP contribution in [0.15, 0.2) is 39.4 Å². The summed E-state index contributed by atoms with van der Waals surface area (Å²) in [5.41, 5.74) is 6.05. The molecular weight excluding hydrogens is 408 g/mol. The molecule has 0 fully saturated rings. The Morgan fingerprint density at radius 1 is 1.20 bits per heavy atom. The second-order valence-electron chi connectivity index (χ2n) is 3.76. The predicted octanol–water partition coefficient (Wildman–Crippen LogP) is 4.04. The molecule has 1 heterocycles. The quantitative estimate of drug-likeness (QED) is 0.760. The van der Waals surface area contributed by atoms with Crippen LogP contribution in [0.3, 0.4) is 0 Å². The van der Waals surface area contributed by atoms with Gasteiger partial charge in [0.2, 0.25) is 0 Å². The van der Waals surface area contributed by atoms with Crippen molar-refractivity contribution in [2.45, 2.75) is 0 Å². The zero-order valence-corrected chi connectivity index (χ0v) is 14.4. The van der Waals surface area contributed by atoms with Gasteiger partial charge in [0, 0.05) is 0 Å². The van der Waals surface area contributed by atoms with Crippen LogP contribution in [0.5, 0.6) is 17.2 Å². The van der Waals surface area contributed by atoms with Crippen LogP contribution in [0.1, 0.15) is 5.69 Å². The maximum absolute atomic E-state index is 5.75. The Labute approximate surface area is 138 Å². The molecule has 0 amide bonds. The van der Waals surface area contributed by atoms with Gasteiger partial charge in [-0.1, -0.05) is 12.2 Å². The van der Waals surface area contributed by atoms with Gasteiger partial charge in [-0.3, -0.25) is 0 Å². The lowest BCUT2D eigenvalue weighted by atomic mass is 10.3. The summed E-state index contributed by atoms with van der Waals surface area (Å²) >= 11 is 11.7. The summed E-state index contributed by atoms with van der Waals surface area (Å²) in [6.07, 6.45) is 1.57. The van der Waals surface area contributed by atoms with Crippen molar-refractivity contribution in [3.8, 4) is 17.2 Å². The van der Waals surface area contributed by atoms with Crippen LogP contribution < -0.4 is 15.2 Å². The van der Waals surface area contributed by atoms with Crippen LogP contribution in [0.4, 0.5) is 0 Å². The summed E-state index contributed by atoms with van der Waals surface area (Å²) < 4.78 is 12.5. The monoisotopic (exact) mass is 416 g/mol. The number of halogens is 2. The molecule has 2 aromatic rings. The van der Waals surface area contributed by atoms with E-state index in [1.807, 2.05) is 12.1 Å². The minimum absolute atomic E-state index is 0.255. The average molecular weight is 418 g/mol. The molecule has 4 nitrogen and oxygen atoms in total. The Balaban J connectivity index is 2.25. The van der Waals surface area contributed by atoms with Crippen molar-refractivity contribution >= 4 is 49.1 Å². The van der Waals surface area contributed by atoms with Crippen molar-refractivity contribution in [1.29, 1.82) is 0 Å². The highest BCUT2D eigenvalue weighted by atomic mass is 79.9. The molecule has 2 rings (SSSR count). The van der Waals surface area contributed by atoms with E-state index in [9.17, 15) is 0 Å². The Hall–Kier alpha value is -1.18. The van der Waals surface area contributed by atoms with Gasteiger partial charge in [-0.25, -0.2) is 4.98 Å². The van der Waals surface area contributed by atoms with E-state index in [1.54, 1.807) is 25.4 Å². The molecule has 0 atom stereocenters. The second kappa shape index (κ2) is 6.51. The summed E-state index contributed by atoms with van der Waals surface area (Å²) in [5, 5.41) is 0. The maximum atomic E-state index is 5.75. The first kappa shape index (κ1) is 15.2. The van der Waals surface area contributed by atoms with Crippen molar-refractivity contribution in [3.05, 3.63) is 45.1 Å². The van der Waals surface area contributed by atoms with Crippen LogP contribution >= 0.6 is 44.1 Å². The van der Waals surface area contributed by atoms with Gasteiger partial charge in [0.1, 0.15) is 22.2 Å². The summed E-state index contributed by atoms with van der Waals surface area (Å²) in [6.45, 7) is 0. The molecule has 0 saturated heterocycles. The van der Waals surface area contributed by atoms with E-state index in [1.165, 1.54) is 0 Å². The van der Waals surface area contributed by atoms with Crippen LogP contribution in [-0.2, 0) is 0 Å². The molecule has 20 heavy (non-hydrogen) atoms. The number of nitrogens with two attached hydrogens (primary N) is 1. The predicted molar refractivity (Wildman–Crippen MR) is 88.6 cm³/mol. The third-order valence-corrected chi connectivity index (χ3v) is 3.87. The van der Waals surface area contributed by atoms with E-state index in [4.69, 9.17) is 27.4 Å². The molecule has 0 unspecified atom stereocenters. The summed E-state index contributed by atoms with van der Waals surface area (Å²) in [4.78, 5) is 4.37. The molecule has 1 aromatic heterocycles. The van der Waals surface area contributed by atoms with Gasteiger partial charge in [-0.15, -0.1) is 0 Å². The topological polar surface area (TPSA) is 57.4 Å². The van der Waals surface area contributed by atoms with Crippen LogP contribution in [-0.4, -0.2) is 17.1 Å². The largest absolute Gasteiger partial charge is 0.496 e. The van der Waals surface area contributed by atoms with E-state index in [0.717, 1.165) is 8.95 Å². The third-order valence-electron chi connectivity index (χ3n) is 2.42. The molecule has 0 spiro atoms. The number of aromatic nitrogens is 1. The van der Waals surface area contributed by atoms with E-state index < -0.39 is 0 Å². The van der Waals surface area contributed by atoms with Gasteiger partial charge in [0.15, 0.2) is 0 Å². The highest BCUT2D eigenvalue weighted by molar-refractivity contribution is 9.11. The lowest BCUT2D eigenvalue weighted by Gasteiger charge is -2.11. The second-order valence-corrected chi connectivity index (χ2v) is 5.91. The van der Waals surface area contributed by atoms with Crippen molar-refractivity contribution in [2.75, 3.05) is 7.11 Å². The molecule has 2 N–H and O–H groups in total. The Kier molecular flexibility index (Phi) is 4.95. The van der Waals surface area contributed by atoms with E-state index in [-0.39, 0.29) is 4.99 Å². The number of benzene rings is 1. The SMILES string of the molecule is COc1cc(Br)c(Oc2ccc(C(N)=S)nc2)cc1Br. The first-order valence-corrected chi connectivity index (χ1v) is 7.47. The average Bonchev–Trinajstić information content (AvgIpc) is 2.43. The fourth-order valence-electron chi connectivity index (χ4n) is 1.46. The number of nitrogens with zero attached hydrogens (tertiary/aromatic N) is 1. The lowest BCUT2D eigenvalue weighted by Crippen LogP contribution is -2.10. The molecule has 0 aliphatic heterocycles. The molecule has 7 heteroatoms. The Morgan fingerprint density at radius 2 is 1.85 bits per heavy atom. The smallest absolute Gasteiger partial charge is 0.145 e. The van der Waals surface area contributed by atoms with Crippen LogP contribution in [0, 0.1) is 0 Å². The number of rotatable bonds is 4. The van der Waals surface area contributed by atoms with Crippen molar-refractivity contribution < 1.29 is 9.47 Å². The fraction of sp³-hybridized carbons (Fsp3) is 0.0769. The summed E-state index contributed by atoms with van der Waals surface area (Å²) in [7, 11) is 1.60. The highest BCUT2D eigenvalue weighted by Gasteiger charge is 2.09. The standard InChI is InChI=1S/C13H10Br2N2O2S/c1-18-11-4-9(15)12(5-8(11)14)19-7-2-3-10(13(16)20)17-6-7/h2-6H,1H3,(H2,16,20). The minimum Gasteiger partial charge on any atom is -0.496 e. The van der Waals surface area contributed by atoms with Gasteiger partial charge in [-0.05, 0) is 56.1 Å². The number of hydrogen-bond acceptors (Lipinski definition) is 4. The van der Waals surface area contributed by atoms with Crippen LogP contribution in [0.25, 0.3) is 0 Å². The summed E-state index contributed by atoms with van der Waals surface area (Å²) in [5.74, 6) is 1.94. The van der Waals surface area contributed by atoms with Gasteiger partial charge in [-0.2, -0.15) is 0 Å². The first-order valence-electron chi connectivity index (χ1n) is 5.48. The molecule has 0 aliphatic rings. The van der Waals surface area contributed by atoms with Crippen LogP contribution in [0.2, 0.25) is 0 Å². The number of thiocarbonyl (C=S) groups is 1. The van der Waals surface area contributed by atoms with Gasteiger partial charge in [0.25, 0.3) is 0 Å². The molecule has 0 saturated carbocycles. The third kappa shape index (κ3) is 3.47. The van der Waals surface area contributed by atoms with Gasteiger partial charge < -0.3 is 15.2 Å². The normalized spacial score (nSPS) is 10.2. The molecule has 0 radical (unpaired) electrons. The lowest BCUT2D eigenvalue weighted by molar-refractivity contribution is 0.409. The number of pyridine rings is 1. The van der Waals surface area contributed by atoms with Gasteiger partial charge in [0.05, 0.1) is 27.9 Å². The number of hydrogen-bond donors (Lipinski definition) is 1. The van der Waals surface area contributed by atoms with E-state index in [0.29, 0.717) is 22.9 Å². The number of methoxy groups -OCH3 is 1. The zero-order valence-electron chi connectivity index (χ0n) is 10.4. The van der Waals surface area contributed by atoms with E-state index >= 15 is 0 Å². The number of ether oxygens (including phenoxy) is 2. The maximum Gasteiger partial charge on any atom is 0.145 e. The van der Waals surface area contributed by atoms with Crippen molar-refractivity contribution in [2.24, 2.45) is 5.73 Å². The molecule has 104 valence electrons. The zero-order chi connectivity index (χ0) is 14.7. The Morgan fingerprint density at radius 3 is 2.40 bits per heavy atom. The van der Waals surface area contributed by atoms with Gasteiger partial charge >= 0.3 is 0 Å². The molecular formula is C13H10Br2N2O2S. The van der Waals surface area contributed by atoms with E-state index in [2.05, 4.69) is 36.8 Å². The van der Waals surface area contributed by atoms with Crippen molar-refractivity contribution in [3.63, 3.8) is 0 Å².